The quantitative estimate of drug-likeness (QED) is 0.646. The number of rotatable bonds is 6. The zero-order chi connectivity index (χ0) is 13.5. The van der Waals surface area contributed by atoms with Crippen molar-refractivity contribution in [2.24, 2.45) is 5.73 Å². The molecule has 1 aromatic carbocycles. The van der Waals surface area contributed by atoms with Crippen LogP contribution in [0.1, 0.15) is 12.0 Å². The summed E-state index contributed by atoms with van der Waals surface area (Å²) in [5.74, 6) is 0.455. The monoisotopic (exact) mass is 291 g/mol. The molecule has 0 aliphatic heterocycles. The van der Waals surface area contributed by atoms with Crippen LogP contribution in [-0.4, -0.2) is 24.9 Å². The van der Waals surface area contributed by atoms with Crippen LogP contribution in [0, 0.1) is 5.82 Å². The minimum atomic E-state index is -0.619. The summed E-state index contributed by atoms with van der Waals surface area (Å²) in [6.07, 6.45) is 0.500. The lowest BCUT2D eigenvalue weighted by atomic mass is 10.2. The average Bonchev–Trinajstić information content (AvgIpc) is 2.37. The molecule has 18 heavy (non-hydrogen) atoms. The van der Waals surface area contributed by atoms with E-state index in [1.807, 2.05) is 0 Å². The summed E-state index contributed by atoms with van der Waals surface area (Å²) >= 11 is 7.28. The summed E-state index contributed by atoms with van der Waals surface area (Å²) in [5.41, 5.74) is 6.13. The van der Waals surface area contributed by atoms with Crippen molar-refractivity contribution in [2.45, 2.75) is 18.2 Å². The fourth-order valence-corrected chi connectivity index (χ4v) is 2.52. The van der Waals surface area contributed by atoms with E-state index in [1.165, 1.54) is 31.0 Å². The van der Waals surface area contributed by atoms with E-state index in [2.05, 4.69) is 4.74 Å². The van der Waals surface area contributed by atoms with Gasteiger partial charge in [-0.25, -0.2) is 4.39 Å². The van der Waals surface area contributed by atoms with Gasteiger partial charge in [0.05, 0.1) is 7.11 Å². The first kappa shape index (κ1) is 15.3. The molecular weight excluding hydrogens is 277 g/mol. The molecule has 0 saturated carbocycles. The second-order valence-corrected chi connectivity index (χ2v) is 5.25. The summed E-state index contributed by atoms with van der Waals surface area (Å²) in [4.78, 5) is 11.0. The number of nitrogens with two attached hydrogens (primary N) is 1. The normalized spacial score (nSPS) is 12.2. The van der Waals surface area contributed by atoms with Gasteiger partial charge in [-0.15, -0.1) is 0 Å². The first-order chi connectivity index (χ1) is 8.54. The lowest BCUT2D eigenvalue weighted by molar-refractivity contribution is -0.142. The Morgan fingerprint density at radius 3 is 3.00 bits per heavy atom. The minimum Gasteiger partial charge on any atom is -0.468 e. The Balaban J connectivity index is 2.34. The van der Waals surface area contributed by atoms with Gasteiger partial charge in [-0.05, 0) is 35.9 Å². The van der Waals surface area contributed by atoms with Crippen LogP contribution in [0.2, 0.25) is 5.02 Å². The third-order valence-electron chi connectivity index (χ3n) is 2.34. The van der Waals surface area contributed by atoms with Crippen LogP contribution in [0.5, 0.6) is 0 Å². The highest BCUT2D eigenvalue weighted by Gasteiger charge is 2.13. The van der Waals surface area contributed by atoms with Crippen molar-refractivity contribution in [3.05, 3.63) is 34.6 Å². The van der Waals surface area contributed by atoms with Crippen molar-refractivity contribution in [1.29, 1.82) is 0 Å². The molecule has 0 aliphatic carbocycles. The van der Waals surface area contributed by atoms with Crippen molar-refractivity contribution in [1.82, 2.24) is 0 Å². The largest absolute Gasteiger partial charge is 0.468 e. The number of hydrogen-bond acceptors (Lipinski definition) is 4. The van der Waals surface area contributed by atoms with Crippen molar-refractivity contribution in [2.75, 3.05) is 12.9 Å². The van der Waals surface area contributed by atoms with Gasteiger partial charge in [0.2, 0.25) is 0 Å². The lowest BCUT2D eigenvalue weighted by Crippen LogP contribution is -2.31. The summed E-state index contributed by atoms with van der Waals surface area (Å²) in [5, 5.41) is 0.512. The van der Waals surface area contributed by atoms with Gasteiger partial charge in [-0.3, -0.25) is 4.79 Å². The molecule has 0 bridgehead atoms. The highest BCUT2D eigenvalue weighted by Crippen LogP contribution is 2.20. The third kappa shape index (κ3) is 4.84. The Morgan fingerprint density at radius 2 is 2.33 bits per heavy atom. The van der Waals surface area contributed by atoms with E-state index in [1.54, 1.807) is 6.07 Å². The number of methoxy groups -OCH3 is 1. The Morgan fingerprint density at radius 1 is 1.61 bits per heavy atom. The maximum atomic E-state index is 13.4. The number of benzene rings is 1. The van der Waals surface area contributed by atoms with Crippen molar-refractivity contribution < 1.29 is 13.9 Å². The highest BCUT2D eigenvalue weighted by atomic mass is 35.5. The molecule has 3 nitrogen and oxygen atoms in total. The standard InChI is InChI=1S/C12H15ClFNO2S/c1-17-12(16)11(15)4-5-18-7-8-6-9(13)2-3-10(8)14/h2-3,6,11H,4-5,7,15H2,1H3. The Bertz CT molecular complexity index is 417. The SMILES string of the molecule is COC(=O)C(N)CCSCc1cc(Cl)ccc1F. The van der Waals surface area contributed by atoms with E-state index in [9.17, 15) is 9.18 Å². The molecule has 0 aliphatic rings. The number of carbonyl (C=O) groups excluding carboxylic acids is 1. The van der Waals surface area contributed by atoms with Crippen LogP contribution in [0.25, 0.3) is 0 Å². The molecule has 0 aromatic heterocycles. The third-order valence-corrected chi connectivity index (χ3v) is 3.62. The first-order valence-corrected chi connectivity index (χ1v) is 6.93. The molecule has 0 spiro atoms. The maximum Gasteiger partial charge on any atom is 0.322 e. The highest BCUT2D eigenvalue weighted by molar-refractivity contribution is 7.98. The van der Waals surface area contributed by atoms with E-state index in [0.717, 1.165) is 0 Å². The van der Waals surface area contributed by atoms with E-state index in [-0.39, 0.29) is 5.82 Å². The van der Waals surface area contributed by atoms with E-state index in [4.69, 9.17) is 17.3 Å². The average molecular weight is 292 g/mol. The van der Waals surface area contributed by atoms with Gasteiger partial charge in [0.1, 0.15) is 11.9 Å². The van der Waals surface area contributed by atoms with Crippen molar-refractivity contribution in [3.63, 3.8) is 0 Å². The van der Waals surface area contributed by atoms with Crippen LogP contribution in [-0.2, 0) is 15.3 Å². The summed E-state index contributed by atoms with van der Waals surface area (Å²) in [6, 6.07) is 3.84. The van der Waals surface area contributed by atoms with Gasteiger partial charge < -0.3 is 10.5 Å². The topological polar surface area (TPSA) is 52.3 Å². The van der Waals surface area contributed by atoms with E-state index in [0.29, 0.717) is 28.5 Å². The van der Waals surface area contributed by atoms with Gasteiger partial charge in [0, 0.05) is 10.8 Å². The predicted octanol–water partition coefficient (Wildman–Crippen LogP) is 2.60. The molecule has 1 unspecified atom stereocenters. The number of thioether (sulfide) groups is 1. The zero-order valence-corrected chi connectivity index (χ0v) is 11.6. The van der Waals surface area contributed by atoms with Gasteiger partial charge >= 0.3 is 5.97 Å². The number of ether oxygens (including phenoxy) is 1. The Hall–Kier alpha value is -0.780. The second-order valence-electron chi connectivity index (χ2n) is 3.71. The van der Waals surface area contributed by atoms with Crippen LogP contribution in [0.4, 0.5) is 4.39 Å². The Labute approximate surface area is 115 Å². The van der Waals surface area contributed by atoms with E-state index < -0.39 is 12.0 Å². The predicted molar refractivity (Wildman–Crippen MR) is 72.2 cm³/mol. The molecule has 0 amide bonds. The zero-order valence-electron chi connectivity index (χ0n) is 9.99. The van der Waals surface area contributed by atoms with Crippen LogP contribution in [0.15, 0.2) is 18.2 Å². The maximum absolute atomic E-state index is 13.4. The number of carbonyl (C=O) groups is 1. The molecule has 1 aromatic rings. The molecule has 6 heteroatoms. The molecule has 1 atom stereocenters. The van der Waals surface area contributed by atoms with Gasteiger partial charge in [0.15, 0.2) is 0 Å². The number of hydrogen-bond donors (Lipinski definition) is 1. The summed E-state index contributed by atoms with van der Waals surface area (Å²) in [6.45, 7) is 0. The fraction of sp³-hybridized carbons (Fsp3) is 0.417. The smallest absolute Gasteiger partial charge is 0.322 e. The molecule has 1 rings (SSSR count). The Kier molecular flexibility index (Phi) is 6.46. The molecule has 0 radical (unpaired) electrons. The second kappa shape index (κ2) is 7.61. The van der Waals surface area contributed by atoms with Gasteiger partial charge in [-0.1, -0.05) is 11.6 Å². The molecular formula is C12H15ClFNO2S. The van der Waals surface area contributed by atoms with Crippen molar-refractivity contribution in [3.8, 4) is 0 Å². The molecule has 0 fully saturated rings. The fourth-order valence-electron chi connectivity index (χ4n) is 1.32. The molecule has 0 heterocycles. The number of halogens is 2. The molecule has 0 saturated heterocycles. The number of esters is 1. The van der Waals surface area contributed by atoms with Crippen LogP contribution in [0.3, 0.4) is 0 Å². The first-order valence-electron chi connectivity index (χ1n) is 5.39. The van der Waals surface area contributed by atoms with Crippen molar-refractivity contribution >= 4 is 29.3 Å². The molecule has 2 N–H and O–H groups in total. The summed E-state index contributed by atoms with van der Waals surface area (Å²) in [7, 11) is 1.30. The molecule has 100 valence electrons. The van der Waals surface area contributed by atoms with E-state index >= 15 is 0 Å². The van der Waals surface area contributed by atoms with Gasteiger partial charge in [-0.2, -0.15) is 11.8 Å². The summed E-state index contributed by atoms with van der Waals surface area (Å²) < 4.78 is 17.9. The lowest BCUT2D eigenvalue weighted by Gasteiger charge is -2.09. The minimum absolute atomic E-state index is 0.274. The van der Waals surface area contributed by atoms with Crippen LogP contribution >= 0.6 is 23.4 Å². The van der Waals surface area contributed by atoms with Gasteiger partial charge in [0.25, 0.3) is 0 Å². The van der Waals surface area contributed by atoms with Crippen LogP contribution < -0.4 is 5.73 Å².